The highest BCUT2D eigenvalue weighted by Gasteiger charge is 2.17. The molecule has 0 unspecified atom stereocenters. The number of benzene rings is 1. The summed E-state index contributed by atoms with van der Waals surface area (Å²) in [5.41, 5.74) is 1.92. The number of aromatic nitrogens is 3. The van der Waals surface area contributed by atoms with E-state index in [1.54, 1.807) is 6.20 Å². The van der Waals surface area contributed by atoms with E-state index in [0.29, 0.717) is 11.8 Å². The minimum absolute atomic E-state index is 0.665. The Morgan fingerprint density at radius 3 is 2.73 bits per heavy atom. The summed E-state index contributed by atoms with van der Waals surface area (Å²) in [6.45, 7) is 5.82. The molecule has 7 heteroatoms. The van der Waals surface area contributed by atoms with Gasteiger partial charge in [-0.1, -0.05) is 17.7 Å². The number of nitrogens with one attached hydrogen (secondary N) is 1. The molecule has 0 spiro atoms. The quantitative estimate of drug-likeness (QED) is 0.937. The van der Waals surface area contributed by atoms with Crippen LogP contribution in [0.5, 0.6) is 0 Å². The summed E-state index contributed by atoms with van der Waals surface area (Å²) < 4.78 is 0. The summed E-state index contributed by atoms with van der Waals surface area (Å²) in [5, 5.41) is 12.2. The van der Waals surface area contributed by atoms with Gasteiger partial charge < -0.3 is 15.1 Å². The van der Waals surface area contributed by atoms with Gasteiger partial charge in [-0.05, 0) is 31.7 Å². The third-order valence-corrected chi connectivity index (χ3v) is 4.27. The number of hydrogen-bond donors (Lipinski definition) is 1. The average molecular weight is 319 g/mol. The topological polar surface area (TPSA) is 57.2 Å². The predicted octanol–water partition coefficient (Wildman–Crippen LogP) is 2.33. The lowest BCUT2D eigenvalue weighted by Gasteiger charge is -2.32. The van der Waals surface area contributed by atoms with E-state index < -0.39 is 0 Å². The SMILES string of the molecule is Cc1c(Cl)cccc1Nc1cnnc(N2CCN(C)CC2)n1. The predicted molar refractivity (Wildman–Crippen MR) is 89.0 cm³/mol. The minimum Gasteiger partial charge on any atom is -0.339 e. The summed E-state index contributed by atoms with van der Waals surface area (Å²) in [6, 6.07) is 5.75. The molecule has 1 aromatic carbocycles. The fourth-order valence-corrected chi connectivity index (χ4v) is 2.55. The molecule has 1 aromatic heterocycles. The Morgan fingerprint density at radius 2 is 1.95 bits per heavy atom. The van der Waals surface area contributed by atoms with E-state index in [1.807, 2.05) is 25.1 Å². The third-order valence-electron chi connectivity index (χ3n) is 3.86. The molecule has 1 aliphatic heterocycles. The third kappa shape index (κ3) is 3.28. The highest BCUT2D eigenvalue weighted by Crippen LogP contribution is 2.25. The normalized spacial score (nSPS) is 15.9. The Balaban J connectivity index is 1.78. The standard InChI is InChI=1S/C15H19ClN6/c1-11-12(16)4-3-5-13(11)18-14-10-17-20-15(19-14)22-8-6-21(2)7-9-22/h3-5,10H,6-9H2,1-2H3,(H,18,19,20). The molecule has 116 valence electrons. The van der Waals surface area contributed by atoms with Crippen LogP contribution in [-0.2, 0) is 0 Å². The molecule has 0 saturated carbocycles. The molecule has 2 aromatic rings. The van der Waals surface area contributed by atoms with Crippen molar-refractivity contribution in [3.8, 4) is 0 Å². The number of likely N-dealkylation sites (N-methyl/N-ethyl adjacent to an activating group) is 1. The van der Waals surface area contributed by atoms with E-state index in [2.05, 4.69) is 37.3 Å². The van der Waals surface area contributed by atoms with Crippen LogP contribution in [0.3, 0.4) is 0 Å². The smallest absolute Gasteiger partial charge is 0.247 e. The monoisotopic (exact) mass is 318 g/mol. The van der Waals surface area contributed by atoms with Crippen LogP contribution in [0.1, 0.15) is 5.56 Å². The zero-order valence-corrected chi connectivity index (χ0v) is 13.5. The molecule has 1 aliphatic rings. The molecule has 0 amide bonds. The largest absolute Gasteiger partial charge is 0.339 e. The Bertz CT molecular complexity index is 654. The van der Waals surface area contributed by atoms with Crippen LogP contribution in [0, 0.1) is 6.92 Å². The van der Waals surface area contributed by atoms with E-state index in [9.17, 15) is 0 Å². The molecule has 0 bridgehead atoms. The molecule has 2 heterocycles. The van der Waals surface area contributed by atoms with Crippen molar-refractivity contribution in [2.45, 2.75) is 6.92 Å². The minimum atomic E-state index is 0.665. The molecule has 1 fully saturated rings. The molecule has 0 atom stereocenters. The number of rotatable bonds is 3. The van der Waals surface area contributed by atoms with Gasteiger partial charge in [0, 0.05) is 36.9 Å². The Kier molecular flexibility index (Phi) is 4.40. The van der Waals surface area contributed by atoms with Crippen molar-refractivity contribution in [3.05, 3.63) is 35.0 Å². The average Bonchev–Trinajstić information content (AvgIpc) is 2.53. The first-order valence-electron chi connectivity index (χ1n) is 7.29. The fourth-order valence-electron chi connectivity index (χ4n) is 2.38. The molecular weight excluding hydrogens is 300 g/mol. The maximum Gasteiger partial charge on any atom is 0.247 e. The van der Waals surface area contributed by atoms with Crippen molar-refractivity contribution in [2.75, 3.05) is 43.4 Å². The van der Waals surface area contributed by atoms with Gasteiger partial charge in [-0.2, -0.15) is 10.1 Å². The van der Waals surface area contributed by atoms with E-state index in [1.165, 1.54) is 0 Å². The van der Waals surface area contributed by atoms with Crippen LogP contribution in [0.4, 0.5) is 17.5 Å². The van der Waals surface area contributed by atoms with Gasteiger partial charge in [0.15, 0.2) is 5.82 Å². The van der Waals surface area contributed by atoms with Gasteiger partial charge in [-0.3, -0.25) is 0 Å². The first-order chi connectivity index (χ1) is 10.6. The van der Waals surface area contributed by atoms with Gasteiger partial charge >= 0.3 is 0 Å². The lowest BCUT2D eigenvalue weighted by atomic mass is 10.2. The molecule has 1 saturated heterocycles. The van der Waals surface area contributed by atoms with Crippen molar-refractivity contribution in [2.24, 2.45) is 0 Å². The summed E-state index contributed by atoms with van der Waals surface area (Å²) in [6.07, 6.45) is 1.62. The maximum absolute atomic E-state index is 6.15. The number of halogens is 1. The van der Waals surface area contributed by atoms with Crippen LogP contribution in [-0.4, -0.2) is 53.3 Å². The van der Waals surface area contributed by atoms with Crippen molar-refractivity contribution in [3.63, 3.8) is 0 Å². The summed E-state index contributed by atoms with van der Waals surface area (Å²) in [7, 11) is 2.12. The molecule has 3 rings (SSSR count). The van der Waals surface area contributed by atoms with Gasteiger partial charge in [0.05, 0.1) is 6.20 Å². The van der Waals surface area contributed by atoms with Gasteiger partial charge in [0.25, 0.3) is 0 Å². The highest BCUT2D eigenvalue weighted by molar-refractivity contribution is 6.31. The first kappa shape index (κ1) is 15.0. The van der Waals surface area contributed by atoms with Crippen LogP contribution in [0.2, 0.25) is 5.02 Å². The lowest BCUT2D eigenvalue weighted by molar-refractivity contribution is 0.311. The van der Waals surface area contributed by atoms with Crippen molar-refractivity contribution < 1.29 is 0 Å². The van der Waals surface area contributed by atoms with Gasteiger partial charge in [0.1, 0.15) is 0 Å². The molecule has 6 nitrogen and oxygen atoms in total. The number of nitrogens with zero attached hydrogens (tertiary/aromatic N) is 5. The maximum atomic E-state index is 6.15. The molecule has 0 radical (unpaired) electrons. The van der Waals surface area contributed by atoms with E-state index >= 15 is 0 Å². The second-order valence-electron chi connectivity index (χ2n) is 5.47. The molecular formula is C15H19ClN6. The molecule has 1 N–H and O–H groups in total. The van der Waals surface area contributed by atoms with Gasteiger partial charge in [-0.25, -0.2) is 0 Å². The summed E-state index contributed by atoms with van der Waals surface area (Å²) >= 11 is 6.15. The van der Waals surface area contributed by atoms with E-state index in [-0.39, 0.29) is 0 Å². The lowest BCUT2D eigenvalue weighted by Crippen LogP contribution is -2.45. The highest BCUT2D eigenvalue weighted by atomic mass is 35.5. The second-order valence-corrected chi connectivity index (χ2v) is 5.88. The summed E-state index contributed by atoms with van der Waals surface area (Å²) in [4.78, 5) is 9.02. The van der Waals surface area contributed by atoms with Crippen LogP contribution >= 0.6 is 11.6 Å². The second kappa shape index (κ2) is 6.46. The molecule has 0 aliphatic carbocycles. The number of anilines is 3. The summed E-state index contributed by atoms with van der Waals surface area (Å²) in [5.74, 6) is 1.34. The van der Waals surface area contributed by atoms with Gasteiger partial charge in [-0.15, -0.1) is 5.10 Å². The Morgan fingerprint density at radius 1 is 1.18 bits per heavy atom. The zero-order chi connectivity index (χ0) is 15.5. The van der Waals surface area contributed by atoms with Crippen LogP contribution < -0.4 is 10.2 Å². The van der Waals surface area contributed by atoms with E-state index in [4.69, 9.17) is 11.6 Å². The number of hydrogen-bond acceptors (Lipinski definition) is 6. The van der Waals surface area contributed by atoms with Crippen molar-refractivity contribution in [1.29, 1.82) is 0 Å². The number of piperazine rings is 1. The van der Waals surface area contributed by atoms with Crippen LogP contribution in [0.15, 0.2) is 24.4 Å². The Labute approximate surface area is 135 Å². The van der Waals surface area contributed by atoms with Crippen molar-refractivity contribution >= 4 is 29.1 Å². The van der Waals surface area contributed by atoms with Gasteiger partial charge in [0.2, 0.25) is 5.95 Å². The Hall–Kier alpha value is -1.92. The van der Waals surface area contributed by atoms with Crippen LogP contribution in [0.25, 0.3) is 0 Å². The zero-order valence-electron chi connectivity index (χ0n) is 12.8. The first-order valence-corrected chi connectivity index (χ1v) is 7.66. The fraction of sp³-hybridized carbons (Fsp3) is 0.400. The van der Waals surface area contributed by atoms with Crippen molar-refractivity contribution in [1.82, 2.24) is 20.1 Å². The van der Waals surface area contributed by atoms with E-state index in [0.717, 1.165) is 42.5 Å². The molecule has 22 heavy (non-hydrogen) atoms.